The number of para-hydroxylation sites is 2. The van der Waals surface area contributed by atoms with Crippen LogP contribution < -0.4 is 5.32 Å². The third kappa shape index (κ3) is 2.24. The largest absolute Gasteiger partial charge is 0.340 e. The van der Waals surface area contributed by atoms with Gasteiger partial charge in [-0.15, -0.1) is 0 Å². The van der Waals surface area contributed by atoms with E-state index >= 15 is 0 Å². The number of benzene rings is 2. The SMILES string of the molecule is CCNCCCn1c2ccccc2c2ccccc21. The van der Waals surface area contributed by atoms with Crippen molar-refractivity contribution in [2.75, 3.05) is 13.1 Å². The van der Waals surface area contributed by atoms with E-state index in [1.165, 1.54) is 21.8 Å². The van der Waals surface area contributed by atoms with Gasteiger partial charge in [0.1, 0.15) is 0 Å². The molecule has 1 aromatic heterocycles. The van der Waals surface area contributed by atoms with E-state index < -0.39 is 0 Å². The number of aryl methyl sites for hydroxylation is 1. The first-order valence-electron chi connectivity index (χ1n) is 7.08. The van der Waals surface area contributed by atoms with Crippen molar-refractivity contribution in [2.24, 2.45) is 0 Å². The molecular formula is C17H20N2. The smallest absolute Gasteiger partial charge is 0.0491 e. The van der Waals surface area contributed by atoms with Gasteiger partial charge >= 0.3 is 0 Å². The Labute approximate surface area is 114 Å². The molecule has 1 heterocycles. The Morgan fingerprint density at radius 3 is 2.05 bits per heavy atom. The van der Waals surface area contributed by atoms with Crippen LogP contribution in [-0.2, 0) is 6.54 Å². The summed E-state index contributed by atoms with van der Waals surface area (Å²) in [6.07, 6.45) is 1.16. The Kier molecular flexibility index (Phi) is 3.51. The van der Waals surface area contributed by atoms with Crippen LogP contribution in [0.2, 0.25) is 0 Å². The zero-order chi connectivity index (χ0) is 13.1. The summed E-state index contributed by atoms with van der Waals surface area (Å²) in [6.45, 7) is 5.35. The summed E-state index contributed by atoms with van der Waals surface area (Å²) in [5.74, 6) is 0. The number of hydrogen-bond donors (Lipinski definition) is 1. The minimum absolute atomic E-state index is 1.05. The van der Waals surface area contributed by atoms with Crippen molar-refractivity contribution in [3.05, 3.63) is 48.5 Å². The Hall–Kier alpha value is -1.80. The highest BCUT2D eigenvalue weighted by Crippen LogP contribution is 2.28. The molecular weight excluding hydrogens is 232 g/mol. The fourth-order valence-corrected chi connectivity index (χ4v) is 2.78. The van der Waals surface area contributed by atoms with Crippen molar-refractivity contribution in [3.63, 3.8) is 0 Å². The summed E-state index contributed by atoms with van der Waals surface area (Å²) in [5.41, 5.74) is 2.69. The second kappa shape index (κ2) is 5.45. The molecule has 0 fully saturated rings. The molecule has 2 nitrogen and oxygen atoms in total. The first kappa shape index (κ1) is 12.2. The van der Waals surface area contributed by atoms with Gasteiger partial charge < -0.3 is 9.88 Å². The van der Waals surface area contributed by atoms with Gasteiger partial charge in [-0.05, 0) is 31.6 Å². The summed E-state index contributed by atoms with van der Waals surface area (Å²) in [6, 6.07) is 17.4. The van der Waals surface area contributed by atoms with E-state index in [4.69, 9.17) is 0 Å². The fourth-order valence-electron chi connectivity index (χ4n) is 2.78. The van der Waals surface area contributed by atoms with Crippen LogP contribution in [0.3, 0.4) is 0 Å². The molecule has 0 amide bonds. The van der Waals surface area contributed by atoms with Crippen LogP contribution in [0.15, 0.2) is 48.5 Å². The van der Waals surface area contributed by atoms with Crippen LogP contribution in [0.1, 0.15) is 13.3 Å². The average molecular weight is 252 g/mol. The van der Waals surface area contributed by atoms with E-state index in [-0.39, 0.29) is 0 Å². The van der Waals surface area contributed by atoms with Gasteiger partial charge in [0.2, 0.25) is 0 Å². The van der Waals surface area contributed by atoms with Crippen molar-refractivity contribution in [1.29, 1.82) is 0 Å². The molecule has 98 valence electrons. The zero-order valence-electron chi connectivity index (χ0n) is 11.4. The third-order valence-electron chi connectivity index (χ3n) is 3.67. The Morgan fingerprint density at radius 1 is 0.895 bits per heavy atom. The lowest BCUT2D eigenvalue weighted by Gasteiger charge is -2.07. The monoisotopic (exact) mass is 252 g/mol. The Balaban J connectivity index is 2.04. The number of rotatable bonds is 5. The molecule has 0 spiro atoms. The van der Waals surface area contributed by atoms with E-state index in [0.29, 0.717) is 0 Å². The van der Waals surface area contributed by atoms with Gasteiger partial charge in [-0.1, -0.05) is 43.3 Å². The molecule has 0 aliphatic heterocycles. The van der Waals surface area contributed by atoms with Crippen LogP contribution in [0, 0.1) is 0 Å². The van der Waals surface area contributed by atoms with E-state index in [1.807, 2.05) is 0 Å². The van der Waals surface area contributed by atoms with Gasteiger partial charge in [-0.3, -0.25) is 0 Å². The van der Waals surface area contributed by atoms with E-state index in [0.717, 1.165) is 26.1 Å². The standard InChI is InChI=1S/C17H20N2/c1-2-18-12-7-13-19-16-10-5-3-8-14(16)15-9-4-6-11-17(15)19/h3-6,8-11,18H,2,7,12-13H2,1H3. The van der Waals surface area contributed by atoms with Gasteiger partial charge in [-0.25, -0.2) is 0 Å². The summed E-state index contributed by atoms with van der Waals surface area (Å²) in [4.78, 5) is 0. The lowest BCUT2D eigenvalue weighted by molar-refractivity contribution is 0.612. The predicted molar refractivity (Wildman–Crippen MR) is 82.6 cm³/mol. The molecule has 3 rings (SSSR count). The summed E-state index contributed by atoms with van der Waals surface area (Å²) >= 11 is 0. The highest BCUT2D eigenvalue weighted by molar-refractivity contribution is 6.07. The van der Waals surface area contributed by atoms with Crippen LogP contribution in [0.25, 0.3) is 21.8 Å². The summed E-state index contributed by atoms with van der Waals surface area (Å²) in [7, 11) is 0. The van der Waals surface area contributed by atoms with Gasteiger partial charge in [0.25, 0.3) is 0 Å². The minimum atomic E-state index is 1.05. The van der Waals surface area contributed by atoms with Crippen molar-refractivity contribution in [2.45, 2.75) is 19.9 Å². The van der Waals surface area contributed by atoms with Crippen LogP contribution in [0.5, 0.6) is 0 Å². The van der Waals surface area contributed by atoms with Crippen molar-refractivity contribution in [3.8, 4) is 0 Å². The molecule has 2 aromatic carbocycles. The number of aromatic nitrogens is 1. The maximum atomic E-state index is 3.39. The first-order valence-corrected chi connectivity index (χ1v) is 7.08. The summed E-state index contributed by atoms with van der Waals surface area (Å²) in [5, 5.41) is 6.12. The first-order chi connectivity index (χ1) is 9.42. The minimum Gasteiger partial charge on any atom is -0.340 e. The average Bonchev–Trinajstić information content (AvgIpc) is 2.78. The quantitative estimate of drug-likeness (QED) is 0.684. The highest BCUT2D eigenvalue weighted by Gasteiger charge is 2.08. The Morgan fingerprint density at radius 2 is 1.47 bits per heavy atom. The second-order valence-corrected chi connectivity index (χ2v) is 4.89. The van der Waals surface area contributed by atoms with E-state index in [1.54, 1.807) is 0 Å². The van der Waals surface area contributed by atoms with Crippen LogP contribution in [0.4, 0.5) is 0 Å². The number of hydrogen-bond acceptors (Lipinski definition) is 1. The predicted octanol–water partition coefficient (Wildman–Crippen LogP) is 3.79. The number of nitrogens with zero attached hydrogens (tertiary/aromatic N) is 1. The molecule has 0 bridgehead atoms. The van der Waals surface area contributed by atoms with Crippen LogP contribution in [-0.4, -0.2) is 17.7 Å². The van der Waals surface area contributed by atoms with Gasteiger partial charge in [0.05, 0.1) is 0 Å². The van der Waals surface area contributed by atoms with Crippen LogP contribution >= 0.6 is 0 Å². The highest BCUT2D eigenvalue weighted by atomic mass is 15.0. The molecule has 19 heavy (non-hydrogen) atoms. The molecule has 0 saturated heterocycles. The van der Waals surface area contributed by atoms with Gasteiger partial charge in [-0.2, -0.15) is 0 Å². The molecule has 1 N–H and O–H groups in total. The molecule has 0 saturated carbocycles. The Bertz CT molecular complexity index is 629. The van der Waals surface area contributed by atoms with Gasteiger partial charge in [0.15, 0.2) is 0 Å². The lowest BCUT2D eigenvalue weighted by atomic mass is 10.2. The molecule has 0 atom stereocenters. The van der Waals surface area contributed by atoms with E-state index in [2.05, 4.69) is 65.3 Å². The lowest BCUT2D eigenvalue weighted by Crippen LogP contribution is -2.15. The third-order valence-corrected chi connectivity index (χ3v) is 3.67. The van der Waals surface area contributed by atoms with Crippen molar-refractivity contribution < 1.29 is 0 Å². The number of fused-ring (bicyclic) bond motifs is 3. The molecule has 0 aliphatic carbocycles. The second-order valence-electron chi connectivity index (χ2n) is 4.89. The van der Waals surface area contributed by atoms with Gasteiger partial charge in [0, 0.05) is 28.4 Å². The summed E-state index contributed by atoms with van der Waals surface area (Å²) < 4.78 is 2.45. The maximum absolute atomic E-state index is 3.39. The zero-order valence-corrected chi connectivity index (χ0v) is 11.4. The molecule has 0 aliphatic rings. The fraction of sp³-hybridized carbons (Fsp3) is 0.294. The molecule has 0 unspecified atom stereocenters. The molecule has 3 aromatic rings. The normalized spacial score (nSPS) is 11.4. The maximum Gasteiger partial charge on any atom is 0.0491 e. The van der Waals surface area contributed by atoms with E-state index in [9.17, 15) is 0 Å². The topological polar surface area (TPSA) is 17.0 Å². The number of nitrogens with one attached hydrogen (secondary N) is 1. The molecule has 0 radical (unpaired) electrons. The van der Waals surface area contributed by atoms with Crippen molar-refractivity contribution in [1.82, 2.24) is 9.88 Å². The van der Waals surface area contributed by atoms with Crippen molar-refractivity contribution >= 4 is 21.8 Å². The molecule has 2 heteroatoms.